The molecule has 1 rings (SSSR count). The predicted octanol–water partition coefficient (Wildman–Crippen LogP) is 5.08. The predicted molar refractivity (Wildman–Crippen MR) is 63.0 cm³/mol. The van der Waals surface area contributed by atoms with Crippen molar-refractivity contribution in [3.8, 4) is 0 Å². The molecule has 0 N–H and O–H groups in total. The molecule has 0 radical (unpaired) electrons. The number of hydrogen-bond acceptors (Lipinski definition) is 1. The second-order valence-electron chi connectivity index (χ2n) is 3.27. The van der Waals surface area contributed by atoms with Gasteiger partial charge >= 0.3 is 5.51 Å². The highest BCUT2D eigenvalue weighted by atomic mass is 32.2. The molecule has 0 unspecified atom stereocenters. The van der Waals surface area contributed by atoms with Crippen molar-refractivity contribution in [1.29, 1.82) is 0 Å². The number of allylic oxidation sites excluding steroid dienone is 1. The van der Waals surface area contributed by atoms with Gasteiger partial charge in [-0.3, -0.25) is 0 Å². The molecule has 0 aliphatic heterocycles. The molecule has 0 aromatic heterocycles. The van der Waals surface area contributed by atoms with Crippen LogP contribution in [0.5, 0.6) is 0 Å². The van der Waals surface area contributed by atoms with Gasteiger partial charge < -0.3 is 0 Å². The van der Waals surface area contributed by atoms with Crippen LogP contribution in [0, 0.1) is 0 Å². The SMILES string of the molecule is CCC/C=C(\SC(F)(F)F)c1ccccc1. The van der Waals surface area contributed by atoms with Crippen LogP contribution in [0.2, 0.25) is 0 Å². The van der Waals surface area contributed by atoms with Crippen LogP contribution in [-0.2, 0) is 0 Å². The zero-order valence-corrected chi connectivity index (χ0v) is 9.74. The van der Waals surface area contributed by atoms with Gasteiger partial charge in [0.05, 0.1) is 0 Å². The molecular formula is C12H13F3S. The highest BCUT2D eigenvalue weighted by molar-refractivity contribution is 8.09. The number of rotatable bonds is 4. The minimum atomic E-state index is -4.23. The fourth-order valence-corrected chi connectivity index (χ4v) is 1.93. The molecule has 0 atom stereocenters. The molecule has 0 spiro atoms. The molecule has 0 nitrogen and oxygen atoms in total. The van der Waals surface area contributed by atoms with Gasteiger partial charge in [-0.1, -0.05) is 49.8 Å². The molecule has 88 valence electrons. The number of halogens is 3. The van der Waals surface area contributed by atoms with Crippen LogP contribution < -0.4 is 0 Å². The Labute approximate surface area is 97.6 Å². The molecule has 1 aromatic rings. The average molecular weight is 246 g/mol. The first-order valence-electron chi connectivity index (χ1n) is 5.04. The van der Waals surface area contributed by atoms with Crippen molar-refractivity contribution in [2.75, 3.05) is 0 Å². The van der Waals surface area contributed by atoms with E-state index in [4.69, 9.17) is 0 Å². The fraction of sp³-hybridized carbons (Fsp3) is 0.333. The van der Waals surface area contributed by atoms with E-state index < -0.39 is 5.51 Å². The smallest absolute Gasteiger partial charge is 0.160 e. The summed E-state index contributed by atoms with van der Waals surface area (Å²) in [6.07, 6.45) is 3.15. The Hall–Kier alpha value is -0.900. The van der Waals surface area contributed by atoms with Gasteiger partial charge in [0.2, 0.25) is 0 Å². The largest absolute Gasteiger partial charge is 0.446 e. The van der Waals surface area contributed by atoms with Crippen LogP contribution in [-0.4, -0.2) is 5.51 Å². The van der Waals surface area contributed by atoms with Gasteiger partial charge in [0.25, 0.3) is 0 Å². The van der Waals surface area contributed by atoms with Crippen LogP contribution in [0.1, 0.15) is 25.3 Å². The van der Waals surface area contributed by atoms with Gasteiger partial charge in [-0.15, -0.1) is 0 Å². The van der Waals surface area contributed by atoms with E-state index in [1.165, 1.54) is 0 Å². The van der Waals surface area contributed by atoms with E-state index in [2.05, 4.69) is 0 Å². The zero-order valence-electron chi connectivity index (χ0n) is 8.92. The third-order valence-electron chi connectivity index (χ3n) is 1.90. The molecule has 0 heterocycles. The Balaban J connectivity index is 2.89. The number of unbranched alkanes of at least 4 members (excludes halogenated alkanes) is 1. The van der Waals surface area contributed by atoms with Gasteiger partial charge in [-0.2, -0.15) is 13.2 Å². The Morgan fingerprint density at radius 1 is 1.25 bits per heavy atom. The van der Waals surface area contributed by atoms with Crippen molar-refractivity contribution in [3.05, 3.63) is 42.0 Å². The molecule has 0 fully saturated rings. The van der Waals surface area contributed by atoms with E-state index in [0.717, 1.165) is 6.42 Å². The molecule has 0 amide bonds. The number of thioether (sulfide) groups is 1. The van der Waals surface area contributed by atoms with Crippen LogP contribution >= 0.6 is 11.8 Å². The van der Waals surface area contributed by atoms with Gasteiger partial charge in [0, 0.05) is 4.91 Å². The number of benzene rings is 1. The molecule has 0 saturated carbocycles. The lowest BCUT2D eigenvalue weighted by atomic mass is 10.2. The first kappa shape index (κ1) is 13.2. The van der Waals surface area contributed by atoms with Crippen molar-refractivity contribution < 1.29 is 13.2 Å². The first-order valence-corrected chi connectivity index (χ1v) is 5.86. The topological polar surface area (TPSA) is 0 Å². The van der Waals surface area contributed by atoms with Crippen LogP contribution in [0.3, 0.4) is 0 Å². The minimum absolute atomic E-state index is 0.0440. The van der Waals surface area contributed by atoms with Crippen molar-refractivity contribution >= 4 is 16.7 Å². The van der Waals surface area contributed by atoms with Crippen molar-refractivity contribution in [1.82, 2.24) is 0 Å². The molecule has 0 bridgehead atoms. The van der Waals surface area contributed by atoms with E-state index in [9.17, 15) is 13.2 Å². The Kier molecular flexibility index (Phi) is 4.93. The summed E-state index contributed by atoms with van der Waals surface area (Å²) in [5, 5.41) is 0. The molecule has 4 heteroatoms. The van der Waals surface area contributed by atoms with Crippen LogP contribution in [0.15, 0.2) is 36.4 Å². The highest BCUT2D eigenvalue weighted by Crippen LogP contribution is 2.41. The maximum Gasteiger partial charge on any atom is 0.446 e. The van der Waals surface area contributed by atoms with E-state index in [1.807, 2.05) is 6.92 Å². The van der Waals surface area contributed by atoms with E-state index in [0.29, 0.717) is 12.0 Å². The standard InChI is InChI=1S/C12H13F3S/c1-2-3-9-11(16-12(13,14)15)10-7-5-4-6-8-10/h4-9H,2-3H2,1H3/b11-9-. The van der Waals surface area contributed by atoms with E-state index in [1.54, 1.807) is 36.4 Å². The number of alkyl halides is 3. The average Bonchev–Trinajstić information content (AvgIpc) is 2.24. The van der Waals surface area contributed by atoms with E-state index in [-0.39, 0.29) is 16.7 Å². The zero-order chi connectivity index (χ0) is 12.0. The summed E-state index contributed by atoms with van der Waals surface area (Å²) in [6, 6.07) is 8.66. The highest BCUT2D eigenvalue weighted by Gasteiger charge is 2.30. The third kappa shape index (κ3) is 4.75. The molecular weight excluding hydrogens is 233 g/mol. The quantitative estimate of drug-likeness (QED) is 0.713. The molecule has 0 aliphatic carbocycles. The Morgan fingerprint density at radius 2 is 1.88 bits per heavy atom. The lowest BCUT2D eigenvalue weighted by molar-refractivity contribution is -0.0317. The molecule has 0 aliphatic rings. The van der Waals surface area contributed by atoms with Crippen LogP contribution in [0.25, 0.3) is 4.91 Å². The maximum atomic E-state index is 12.3. The second kappa shape index (κ2) is 5.99. The van der Waals surface area contributed by atoms with Gasteiger partial charge in [0.15, 0.2) is 0 Å². The second-order valence-corrected chi connectivity index (χ2v) is 4.38. The summed E-state index contributed by atoms with van der Waals surface area (Å²) in [6.45, 7) is 1.94. The van der Waals surface area contributed by atoms with Crippen molar-refractivity contribution in [3.63, 3.8) is 0 Å². The summed E-state index contributed by atoms with van der Waals surface area (Å²) in [5.74, 6) is 0. The van der Waals surface area contributed by atoms with Gasteiger partial charge in [-0.25, -0.2) is 0 Å². The van der Waals surface area contributed by atoms with Gasteiger partial charge in [-0.05, 0) is 23.7 Å². The normalized spacial score (nSPS) is 12.9. The molecule has 1 aromatic carbocycles. The summed E-state index contributed by atoms with van der Waals surface area (Å²) < 4.78 is 37.0. The fourth-order valence-electron chi connectivity index (χ4n) is 1.22. The maximum absolute atomic E-state index is 12.3. The lowest BCUT2D eigenvalue weighted by Gasteiger charge is -2.10. The van der Waals surface area contributed by atoms with Crippen molar-refractivity contribution in [2.24, 2.45) is 0 Å². The minimum Gasteiger partial charge on any atom is -0.160 e. The molecule has 16 heavy (non-hydrogen) atoms. The van der Waals surface area contributed by atoms with Gasteiger partial charge in [0.1, 0.15) is 0 Å². The third-order valence-corrected chi connectivity index (χ3v) is 2.76. The Bertz CT molecular complexity index is 341. The summed E-state index contributed by atoms with van der Waals surface area (Å²) in [7, 11) is 0. The molecule has 0 saturated heterocycles. The van der Waals surface area contributed by atoms with E-state index >= 15 is 0 Å². The van der Waals surface area contributed by atoms with Crippen LogP contribution in [0.4, 0.5) is 13.2 Å². The summed E-state index contributed by atoms with van der Waals surface area (Å²) in [5.41, 5.74) is -3.60. The monoisotopic (exact) mass is 246 g/mol. The lowest BCUT2D eigenvalue weighted by Crippen LogP contribution is -2.00. The summed E-state index contributed by atoms with van der Waals surface area (Å²) >= 11 is -0.0440. The van der Waals surface area contributed by atoms with Crippen molar-refractivity contribution in [2.45, 2.75) is 25.3 Å². The first-order chi connectivity index (χ1) is 7.53. The summed E-state index contributed by atoms with van der Waals surface area (Å²) in [4.78, 5) is 0.287. The number of hydrogen-bond donors (Lipinski definition) is 0. The Morgan fingerprint density at radius 3 is 2.38 bits per heavy atom.